The van der Waals surface area contributed by atoms with E-state index in [1.165, 1.54) is 6.92 Å². The second kappa shape index (κ2) is 6.00. The monoisotopic (exact) mass is 221 g/mol. The second-order valence-corrected chi connectivity index (χ2v) is 3.81. The van der Waals surface area contributed by atoms with Gasteiger partial charge in [-0.1, -0.05) is 6.92 Å². The molecule has 0 aliphatic rings. The quantitative estimate of drug-likeness (QED) is 0.661. The number of benzene rings is 1. The van der Waals surface area contributed by atoms with E-state index in [-0.39, 0.29) is 11.9 Å². The molecule has 0 aliphatic heterocycles. The number of rotatable bonds is 5. The van der Waals surface area contributed by atoms with E-state index in [0.29, 0.717) is 6.54 Å². The molecule has 0 spiro atoms. The molecule has 1 unspecified atom stereocenters. The Hall–Kier alpha value is -1.71. The zero-order chi connectivity index (χ0) is 12.0. The van der Waals surface area contributed by atoms with E-state index in [0.717, 1.165) is 17.8 Å². The van der Waals surface area contributed by atoms with Gasteiger partial charge >= 0.3 is 0 Å². The molecule has 4 heteroatoms. The zero-order valence-corrected chi connectivity index (χ0v) is 9.79. The average molecular weight is 221 g/mol. The van der Waals surface area contributed by atoms with Crippen molar-refractivity contribution in [2.24, 2.45) is 0 Å². The Morgan fingerprint density at radius 1 is 1.38 bits per heavy atom. The molecule has 0 aliphatic carbocycles. The molecule has 1 atom stereocenters. The number of nitrogens with two attached hydrogens (primary N) is 1. The summed E-state index contributed by atoms with van der Waals surface area (Å²) in [5, 5.41) is 6.14. The van der Waals surface area contributed by atoms with Crippen molar-refractivity contribution in [2.45, 2.75) is 26.3 Å². The largest absolute Gasteiger partial charge is 0.399 e. The summed E-state index contributed by atoms with van der Waals surface area (Å²) in [6.07, 6.45) is 0.949. The van der Waals surface area contributed by atoms with Crippen molar-refractivity contribution in [2.75, 3.05) is 17.6 Å². The normalized spacial score (nSPS) is 11.9. The highest BCUT2D eigenvalue weighted by atomic mass is 16.1. The Kier molecular flexibility index (Phi) is 4.64. The van der Waals surface area contributed by atoms with Crippen LogP contribution < -0.4 is 16.4 Å². The Morgan fingerprint density at radius 2 is 2.00 bits per heavy atom. The van der Waals surface area contributed by atoms with Gasteiger partial charge in [0.1, 0.15) is 0 Å². The van der Waals surface area contributed by atoms with Crippen molar-refractivity contribution in [3.8, 4) is 0 Å². The van der Waals surface area contributed by atoms with Crippen LogP contribution in [0.15, 0.2) is 24.3 Å². The third-order valence-electron chi connectivity index (χ3n) is 2.37. The van der Waals surface area contributed by atoms with Crippen molar-refractivity contribution in [3.05, 3.63) is 24.3 Å². The van der Waals surface area contributed by atoms with E-state index in [1.807, 2.05) is 24.3 Å². The number of carbonyl (C=O) groups is 1. The van der Waals surface area contributed by atoms with Crippen molar-refractivity contribution in [1.29, 1.82) is 0 Å². The predicted octanol–water partition coefficient (Wildman–Crippen LogP) is 1.60. The molecule has 1 rings (SSSR count). The first kappa shape index (κ1) is 12.4. The lowest BCUT2D eigenvalue weighted by Gasteiger charge is -2.18. The minimum atomic E-state index is -0.00226. The third kappa shape index (κ3) is 4.21. The number of hydrogen-bond donors (Lipinski definition) is 3. The van der Waals surface area contributed by atoms with Crippen LogP contribution in [0, 0.1) is 0 Å². The smallest absolute Gasteiger partial charge is 0.216 e. The maximum absolute atomic E-state index is 10.8. The molecule has 0 fully saturated rings. The molecule has 0 bridgehead atoms. The van der Waals surface area contributed by atoms with Gasteiger partial charge < -0.3 is 16.4 Å². The molecule has 0 saturated heterocycles. The van der Waals surface area contributed by atoms with Gasteiger partial charge in [0.25, 0.3) is 0 Å². The summed E-state index contributed by atoms with van der Waals surface area (Å²) in [6.45, 7) is 4.24. The van der Waals surface area contributed by atoms with Crippen LogP contribution in [0.25, 0.3) is 0 Å². The maximum atomic E-state index is 10.8. The number of hydrogen-bond acceptors (Lipinski definition) is 3. The van der Waals surface area contributed by atoms with Gasteiger partial charge in [-0.3, -0.25) is 4.79 Å². The molecule has 0 heterocycles. The zero-order valence-electron chi connectivity index (χ0n) is 9.79. The maximum Gasteiger partial charge on any atom is 0.216 e. The average Bonchev–Trinajstić information content (AvgIpc) is 2.26. The molecule has 1 aromatic rings. The van der Waals surface area contributed by atoms with Gasteiger partial charge in [-0.15, -0.1) is 0 Å². The first-order valence-electron chi connectivity index (χ1n) is 5.48. The van der Waals surface area contributed by atoms with E-state index < -0.39 is 0 Å². The molecule has 16 heavy (non-hydrogen) atoms. The number of carbonyl (C=O) groups excluding carboxylic acids is 1. The van der Waals surface area contributed by atoms with Crippen molar-refractivity contribution >= 4 is 17.3 Å². The van der Waals surface area contributed by atoms with Crippen LogP contribution in [0.4, 0.5) is 11.4 Å². The number of nitrogen functional groups attached to an aromatic ring is 1. The van der Waals surface area contributed by atoms with E-state index >= 15 is 0 Å². The molecule has 88 valence electrons. The number of anilines is 2. The van der Waals surface area contributed by atoms with Crippen molar-refractivity contribution in [3.63, 3.8) is 0 Å². The summed E-state index contributed by atoms with van der Waals surface area (Å²) in [6, 6.07) is 7.82. The molecule has 0 aromatic heterocycles. The summed E-state index contributed by atoms with van der Waals surface area (Å²) in [4.78, 5) is 10.8. The summed E-state index contributed by atoms with van der Waals surface area (Å²) in [5.41, 5.74) is 7.37. The molecule has 0 saturated carbocycles. The molecule has 1 aromatic carbocycles. The first-order chi connectivity index (χ1) is 7.61. The van der Waals surface area contributed by atoms with Gasteiger partial charge in [0.05, 0.1) is 0 Å². The molecule has 4 N–H and O–H groups in total. The third-order valence-corrected chi connectivity index (χ3v) is 2.37. The van der Waals surface area contributed by atoms with Gasteiger partial charge in [-0.25, -0.2) is 0 Å². The van der Waals surface area contributed by atoms with Gasteiger partial charge in [-0.05, 0) is 30.7 Å². The Bertz CT molecular complexity index is 335. The minimum absolute atomic E-state index is 0.00226. The topological polar surface area (TPSA) is 67.2 Å². The molecule has 0 radical (unpaired) electrons. The van der Waals surface area contributed by atoms with E-state index in [2.05, 4.69) is 17.6 Å². The highest BCUT2D eigenvalue weighted by molar-refractivity contribution is 5.72. The fourth-order valence-electron chi connectivity index (χ4n) is 1.38. The van der Waals surface area contributed by atoms with E-state index in [9.17, 15) is 4.79 Å². The van der Waals surface area contributed by atoms with Crippen LogP contribution >= 0.6 is 0 Å². The van der Waals surface area contributed by atoms with Crippen LogP contribution in [-0.4, -0.2) is 18.5 Å². The lowest BCUT2D eigenvalue weighted by atomic mass is 10.2. The predicted molar refractivity (Wildman–Crippen MR) is 67.2 cm³/mol. The van der Waals surface area contributed by atoms with Crippen molar-refractivity contribution < 1.29 is 4.79 Å². The Morgan fingerprint density at radius 3 is 2.50 bits per heavy atom. The highest BCUT2D eigenvalue weighted by Gasteiger charge is 2.06. The van der Waals surface area contributed by atoms with Gasteiger partial charge in [0.2, 0.25) is 5.91 Å². The summed E-state index contributed by atoms with van der Waals surface area (Å²) >= 11 is 0. The molecule has 4 nitrogen and oxygen atoms in total. The number of nitrogens with one attached hydrogen (secondary N) is 2. The van der Waals surface area contributed by atoms with E-state index in [4.69, 9.17) is 5.73 Å². The highest BCUT2D eigenvalue weighted by Crippen LogP contribution is 2.12. The molecule has 1 amide bonds. The summed E-state index contributed by atoms with van der Waals surface area (Å²) in [5.74, 6) is -0.00226. The summed E-state index contributed by atoms with van der Waals surface area (Å²) in [7, 11) is 0. The number of amides is 1. The van der Waals surface area contributed by atoms with Gasteiger partial charge in [-0.2, -0.15) is 0 Å². The van der Waals surface area contributed by atoms with Crippen LogP contribution in [0.2, 0.25) is 0 Å². The fraction of sp³-hybridized carbons (Fsp3) is 0.417. The van der Waals surface area contributed by atoms with Crippen LogP contribution in [0.1, 0.15) is 20.3 Å². The summed E-state index contributed by atoms with van der Waals surface area (Å²) < 4.78 is 0. The van der Waals surface area contributed by atoms with Crippen LogP contribution in [-0.2, 0) is 4.79 Å². The lowest BCUT2D eigenvalue weighted by Crippen LogP contribution is -2.34. The van der Waals surface area contributed by atoms with Gasteiger partial charge in [0, 0.05) is 30.9 Å². The first-order valence-corrected chi connectivity index (χ1v) is 5.48. The van der Waals surface area contributed by atoms with Crippen molar-refractivity contribution in [1.82, 2.24) is 5.32 Å². The van der Waals surface area contributed by atoms with E-state index in [1.54, 1.807) is 0 Å². The SMILES string of the molecule is CCC(CNC(C)=O)Nc1ccc(N)cc1. The fourth-order valence-corrected chi connectivity index (χ4v) is 1.38. The molecular weight excluding hydrogens is 202 g/mol. The molecular formula is C12H19N3O. The van der Waals surface area contributed by atoms with Crippen LogP contribution in [0.3, 0.4) is 0 Å². The minimum Gasteiger partial charge on any atom is -0.399 e. The van der Waals surface area contributed by atoms with Crippen LogP contribution in [0.5, 0.6) is 0 Å². The van der Waals surface area contributed by atoms with Gasteiger partial charge in [0.15, 0.2) is 0 Å². The Balaban J connectivity index is 2.49. The standard InChI is InChI=1S/C12H19N3O/c1-3-11(8-14-9(2)16)15-12-6-4-10(13)5-7-12/h4-7,11,15H,3,8,13H2,1-2H3,(H,14,16). The second-order valence-electron chi connectivity index (χ2n) is 3.81. The lowest BCUT2D eigenvalue weighted by molar-refractivity contribution is -0.119. The Labute approximate surface area is 96.2 Å².